The number of nitrogen functional groups attached to an aromatic ring is 1. The predicted molar refractivity (Wildman–Crippen MR) is 90.0 cm³/mol. The van der Waals surface area contributed by atoms with Crippen LogP contribution in [-0.4, -0.2) is 23.9 Å². The first-order valence-corrected chi connectivity index (χ1v) is 7.42. The number of hydrogen-bond donors (Lipinski definition) is 1. The molecule has 2 heterocycles. The van der Waals surface area contributed by atoms with E-state index in [0.717, 1.165) is 34.0 Å². The molecule has 0 fully saturated rings. The molecular formula is C18H15N3O3. The highest BCUT2D eigenvalue weighted by Crippen LogP contribution is 2.36. The maximum atomic E-state index is 5.91. The number of rotatable bonds is 3. The molecule has 6 heteroatoms. The van der Waals surface area contributed by atoms with Gasteiger partial charge in [-0.2, -0.15) is 0 Å². The first-order chi connectivity index (χ1) is 11.7. The Labute approximate surface area is 138 Å². The fourth-order valence-corrected chi connectivity index (χ4v) is 2.60. The Balaban J connectivity index is 1.78. The van der Waals surface area contributed by atoms with Crippen LogP contribution in [0.3, 0.4) is 0 Å². The molecule has 1 aliphatic heterocycles. The first kappa shape index (κ1) is 14.3. The maximum Gasteiger partial charge on any atom is 0.231 e. The van der Waals surface area contributed by atoms with Gasteiger partial charge in [-0.3, -0.25) is 0 Å². The second-order valence-corrected chi connectivity index (χ2v) is 5.30. The SMILES string of the molecule is COc1cccc(-c2cc(-c3ccc4c(c3)OCO4)nc(N)n2)c1. The van der Waals surface area contributed by atoms with Crippen molar-refractivity contribution in [2.45, 2.75) is 0 Å². The molecule has 2 N–H and O–H groups in total. The lowest BCUT2D eigenvalue weighted by Crippen LogP contribution is -1.99. The van der Waals surface area contributed by atoms with Crippen molar-refractivity contribution in [2.75, 3.05) is 19.6 Å². The van der Waals surface area contributed by atoms with Crippen molar-refractivity contribution in [3.05, 3.63) is 48.5 Å². The topological polar surface area (TPSA) is 79.5 Å². The van der Waals surface area contributed by atoms with Gasteiger partial charge in [0.1, 0.15) is 5.75 Å². The third kappa shape index (κ3) is 2.58. The average molecular weight is 321 g/mol. The molecule has 0 unspecified atom stereocenters. The molecule has 0 radical (unpaired) electrons. The molecule has 0 spiro atoms. The minimum Gasteiger partial charge on any atom is -0.497 e. The van der Waals surface area contributed by atoms with E-state index in [4.69, 9.17) is 19.9 Å². The smallest absolute Gasteiger partial charge is 0.231 e. The summed E-state index contributed by atoms with van der Waals surface area (Å²) in [6.45, 7) is 0.236. The fraction of sp³-hybridized carbons (Fsp3) is 0.111. The Bertz CT molecular complexity index is 912. The van der Waals surface area contributed by atoms with Crippen molar-refractivity contribution in [2.24, 2.45) is 0 Å². The molecular weight excluding hydrogens is 306 g/mol. The van der Waals surface area contributed by atoms with E-state index in [1.54, 1.807) is 7.11 Å². The van der Waals surface area contributed by atoms with E-state index in [1.165, 1.54) is 0 Å². The molecule has 120 valence electrons. The normalized spacial score (nSPS) is 12.2. The summed E-state index contributed by atoms with van der Waals surface area (Å²) in [5, 5.41) is 0. The van der Waals surface area contributed by atoms with E-state index in [9.17, 15) is 0 Å². The highest BCUT2D eigenvalue weighted by atomic mass is 16.7. The number of nitrogens with zero attached hydrogens (tertiary/aromatic N) is 2. The van der Waals surface area contributed by atoms with Crippen LogP contribution in [0.2, 0.25) is 0 Å². The number of nitrogens with two attached hydrogens (primary N) is 1. The van der Waals surface area contributed by atoms with Gasteiger partial charge in [0.2, 0.25) is 12.7 Å². The summed E-state index contributed by atoms with van der Waals surface area (Å²) in [6, 6.07) is 15.2. The molecule has 0 atom stereocenters. The average Bonchev–Trinajstić information content (AvgIpc) is 3.09. The minimum atomic E-state index is 0.211. The Morgan fingerprint density at radius 2 is 1.67 bits per heavy atom. The molecule has 4 rings (SSSR count). The van der Waals surface area contributed by atoms with E-state index in [0.29, 0.717) is 5.75 Å². The van der Waals surface area contributed by atoms with E-state index >= 15 is 0 Å². The second kappa shape index (κ2) is 5.73. The van der Waals surface area contributed by atoms with Crippen LogP contribution in [0.4, 0.5) is 5.95 Å². The summed E-state index contributed by atoms with van der Waals surface area (Å²) in [5.74, 6) is 2.40. The molecule has 3 aromatic rings. The Hall–Kier alpha value is -3.28. The summed E-state index contributed by atoms with van der Waals surface area (Å²) in [6.07, 6.45) is 0. The second-order valence-electron chi connectivity index (χ2n) is 5.30. The Morgan fingerprint density at radius 1 is 0.917 bits per heavy atom. The predicted octanol–water partition coefficient (Wildman–Crippen LogP) is 3.13. The van der Waals surface area contributed by atoms with Crippen molar-refractivity contribution in [3.63, 3.8) is 0 Å². The van der Waals surface area contributed by atoms with Crippen LogP contribution in [0.15, 0.2) is 48.5 Å². The number of aromatic nitrogens is 2. The molecule has 2 aromatic carbocycles. The van der Waals surface area contributed by atoms with Crippen LogP contribution in [0.1, 0.15) is 0 Å². The van der Waals surface area contributed by atoms with Crippen LogP contribution in [0.5, 0.6) is 17.2 Å². The van der Waals surface area contributed by atoms with Gasteiger partial charge in [0.05, 0.1) is 18.5 Å². The van der Waals surface area contributed by atoms with Crippen molar-refractivity contribution in [1.82, 2.24) is 9.97 Å². The van der Waals surface area contributed by atoms with Crippen LogP contribution >= 0.6 is 0 Å². The van der Waals surface area contributed by atoms with Gasteiger partial charge in [0, 0.05) is 11.1 Å². The van der Waals surface area contributed by atoms with Gasteiger partial charge in [0.15, 0.2) is 11.5 Å². The van der Waals surface area contributed by atoms with Crippen LogP contribution < -0.4 is 19.9 Å². The molecule has 0 bridgehead atoms. The van der Waals surface area contributed by atoms with Crippen molar-refractivity contribution in [1.29, 1.82) is 0 Å². The monoisotopic (exact) mass is 321 g/mol. The zero-order valence-corrected chi connectivity index (χ0v) is 13.0. The summed E-state index contributed by atoms with van der Waals surface area (Å²) in [7, 11) is 1.63. The lowest BCUT2D eigenvalue weighted by molar-refractivity contribution is 0.174. The molecule has 1 aliphatic rings. The third-order valence-electron chi connectivity index (χ3n) is 3.78. The highest BCUT2D eigenvalue weighted by molar-refractivity contribution is 5.71. The van der Waals surface area contributed by atoms with Crippen molar-refractivity contribution < 1.29 is 14.2 Å². The summed E-state index contributed by atoms with van der Waals surface area (Å²) < 4.78 is 16.0. The third-order valence-corrected chi connectivity index (χ3v) is 3.78. The van der Waals surface area contributed by atoms with Gasteiger partial charge < -0.3 is 19.9 Å². The lowest BCUT2D eigenvalue weighted by Gasteiger charge is -2.08. The van der Waals surface area contributed by atoms with Crippen LogP contribution in [-0.2, 0) is 0 Å². The molecule has 6 nitrogen and oxygen atoms in total. The van der Waals surface area contributed by atoms with Gasteiger partial charge in [-0.15, -0.1) is 0 Å². The lowest BCUT2D eigenvalue weighted by atomic mass is 10.1. The molecule has 0 saturated heterocycles. The zero-order valence-electron chi connectivity index (χ0n) is 13.0. The highest BCUT2D eigenvalue weighted by Gasteiger charge is 2.15. The molecule has 0 aliphatic carbocycles. The van der Waals surface area contributed by atoms with E-state index < -0.39 is 0 Å². The molecule has 0 amide bonds. The number of anilines is 1. The van der Waals surface area contributed by atoms with Crippen LogP contribution in [0, 0.1) is 0 Å². The van der Waals surface area contributed by atoms with Gasteiger partial charge >= 0.3 is 0 Å². The number of fused-ring (bicyclic) bond motifs is 1. The Kier molecular flexibility index (Phi) is 3.42. The number of ether oxygens (including phenoxy) is 3. The summed E-state index contributed by atoms with van der Waals surface area (Å²) >= 11 is 0. The van der Waals surface area contributed by atoms with Gasteiger partial charge in [0.25, 0.3) is 0 Å². The summed E-state index contributed by atoms with van der Waals surface area (Å²) in [4.78, 5) is 8.67. The fourth-order valence-electron chi connectivity index (χ4n) is 2.60. The molecule has 24 heavy (non-hydrogen) atoms. The van der Waals surface area contributed by atoms with E-state index in [-0.39, 0.29) is 12.7 Å². The standard InChI is InChI=1S/C18H15N3O3/c1-22-13-4-2-3-11(7-13)14-9-15(21-18(19)20-14)12-5-6-16-17(8-12)24-10-23-16/h2-9H,10H2,1H3,(H2,19,20,21). The number of hydrogen-bond acceptors (Lipinski definition) is 6. The van der Waals surface area contributed by atoms with Crippen molar-refractivity contribution >= 4 is 5.95 Å². The zero-order chi connectivity index (χ0) is 16.5. The van der Waals surface area contributed by atoms with Gasteiger partial charge in [-0.25, -0.2) is 9.97 Å². The van der Waals surface area contributed by atoms with E-state index in [2.05, 4.69) is 9.97 Å². The number of methoxy groups -OCH3 is 1. The molecule has 0 saturated carbocycles. The minimum absolute atomic E-state index is 0.211. The number of benzene rings is 2. The summed E-state index contributed by atoms with van der Waals surface area (Å²) in [5.41, 5.74) is 9.15. The largest absolute Gasteiger partial charge is 0.497 e. The Morgan fingerprint density at radius 3 is 2.46 bits per heavy atom. The molecule has 1 aromatic heterocycles. The quantitative estimate of drug-likeness (QED) is 0.798. The maximum absolute atomic E-state index is 5.91. The van der Waals surface area contributed by atoms with Crippen LogP contribution in [0.25, 0.3) is 22.5 Å². The van der Waals surface area contributed by atoms with Gasteiger partial charge in [-0.05, 0) is 36.4 Å². The van der Waals surface area contributed by atoms with Crippen molar-refractivity contribution in [3.8, 4) is 39.8 Å². The van der Waals surface area contributed by atoms with Gasteiger partial charge in [-0.1, -0.05) is 12.1 Å². The first-order valence-electron chi connectivity index (χ1n) is 7.42. The van der Waals surface area contributed by atoms with E-state index in [1.807, 2.05) is 48.5 Å².